The molecule has 0 radical (unpaired) electrons. The second-order valence-electron chi connectivity index (χ2n) is 5.78. The van der Waals surface area contributed by atoms with Crippen LogP contribution in [0.4, 0.5) is 5.69 Å². The van der Waals surface area contributed by atoms with Gasteiger partial charge in [-0.25, -0.2) is 0 Å². The molecule has 2 N–H and O–H groups in total. The van der Waals surface area contributed by atoms with Crippen LogP contribution in [0, 0.1) is 23.7 Å². The minimum Gasteiger partial charge on any atom is -0.494 e. The van der Waals surface area contributed by atoms with Gasteiger partial charge in [0.2, 0.25) is 5.91 Å². The number of allylic oxidation sites excluding steroid dienone is 2. The van der Waals surface area contributed by atoms with Gasteiger partial charge in [0.25, 0.3) is 0 Å². The zero-order valence-corrected chi connectivity index (χ0v) is 12.4. The van der Waals surface area contributed by atoms with Crippen LogP contribution in [0.1, 0.15) is 13.3 Å². The number of aliphatic carboxylic acids is 1. The molecule has 2 aliphatic rings. The zero-order valence-electron chi connectivity index (χ0n) is 12.4. The van der Waals surface area contributed by atoms with E-state index >= 15 is 0 Å². The summed E-state index contributed by atoms with van der Waals surface area (Å²) in [6.45, 7) is 2.49. The minimum atomic E-state index is -0.885. The number of carbonyl (C=O) groups is 2. The van der Waals surface area contributed by atoms with Gasteiger partial charge in [0.1, 0.15) is 5.75 Å². The van der Waals surface area contributed by atoms with Crippen molar-refractivity contribution in [2.45, 2.75) is 13.3 Å². The maximum Gasteiger partial charge on any atom is 0.307 e. The van der Waals surface area contributed by atoms with E-state index in [4.69, 9.17) is 4.74 Å². The van der Waals surface area contributed by atoms with Crippen molar-refractivity contribution in [3.63, 3.8) is 0 Å². The molecule has 4 atom stereocenters. The molecule has 0 unspecified atom stereocenters. The first-order valence-corrected chi connectivity index (χ1v) is 7.55. The summed E-state index contributed by atoms with van der Waals surface area (Å²) < 4.78 is 5.35. The number of carbonyl (C=O) groups excluding carboxylic acids is 1. The van der Waals surface area contributed by atoms with E-state index in [1.165, 1.54) is 0 Å². The third kappa shape index (κ3) is 2.58. The molecule has 3 rings (SSSR count). The number of amides is 1. The first kappa shape index (κ1) is 14.6. The maximum atomic E-state index is 12.5. The average Bonchev–Trinajstić information content (AvgIpc) is 3.10. The molecule has 0 aliphatic heterocycles. The number of rotatable bonds is 5. The van der Waals surface area contributed by atoms with Gasteiger partial charge in [0, 0.05) is 5.69 Å². The molecule has 5 nitrogen and oxygen atoms in total. The van der Waals surface area contributed by atoms with Crippen molar-refractivity contribution in [2.75, 3.05) is 11.9 Å². The molecule has 5 heteroatoms. The van der Waals surface area contributed by atoms with Gasteiger partial charge >= 0.3 is 5.97 Å². The lowest BCUT2D eigenvalue weighted by Gasteiger charge is -2.23. The molecule has 2 bridgehead atoms. The lowest BCUT2D eigenvalue weighted by atomic mass is 9.82. The van der Waals surface area contributed by atoms with Crippen LogP contribution in [0.15, 0.2) is 36.4 Å². The summed E-state index contributed by atoms with van der Waals surface area (Å²) in [6.07, 6.45) is 4.68. The number of carboxylic acid groups (broad SMARTS) is 1. The van der Waals surface area contributed by atoms with Crippen molar-refractivity contribution in [1.29, 1.82) is 0 Å². The number of anilines is 1. The van der Waals surface area contributed by atoms with Gasteiger partial charge in [-0.2, -0.15) is 0 Å². The Morgan fingerprint density at radius 1 is 1.18 bits per heavy atom. The third-order valence-electron chi connectivity index (χ3n) is 4.48. The van der Waals surface area contributed by atoms with E-state index in [2.05, 4.69) is 5.32 Å². The SMILES string of the molecule is CCOc1ccc(NC(=O)[C@H]2[C@H](C(=O)O)[C@H]3C=C[C@H]2C3)cc1. The molecule has 1 saturated carbocycles. The molecule has 1 aromatic rings. The fraction of sp³-hybridized carbons (Fsp3) is 0.412. The van der Waals surface area contributed by atoms with Crippen LogP contribution in [-0.2, 0) is 9.59 Å². The molecule has 1 aromatic carbocycles. The molecule has 0 aromatic heterocycles. The quantitative estimate of drug-likeness (QED) is 0.820. The Morgan fingerprint density at radius 2 is 1.82 bits per heavy atom. The Kier molecular flexibility index (Phi) is 3.88. The smallest absolute Gasteiger partial charge is 0.307 e. The summed E-state index contributed by atoms with van der Waals surface area (Å²) in [5.41, 5.74) is 0.657. The molecule has 2 aliphatic carbocycles. The van der Waals surface area contributed by atoms with Crippen LogP contribution in [0.25, 0.3) is 0 Å². The van der Waals surface area contributed by atoms with Crippen molar-refractivity contribution in [2.24, 2.45) is 23.7 Å². The van der Waals surface area contributed by atoms with Gasteiger partial charge in [-0.05, 0) is 49.4 Å². The lowest BCUT2D eigenvalue weighted by molar-refractivity contribution is -0.146. The van der Waals surface area contributed by atoms with Crippen LogP contribution in [0.3, 0.4) is 0 Å². The molecule has 1 amide bonds. The highest BCUT2D eigenvalue weighted by Crippen LogP contribution is 2.48. The summed E-state index contributed by atoms with van der Waals surface area (Å²) >= 11 is 0. The van der Waals surface area contributed by atoms with Crippen molar-refractivity contribution in [3.05, 3.63) is 36.4 Å². The van der Waals surface area contributed by atoms with E-state index in [9.17, 15) is 14.7 Å². The van der Waals surface area contributed by atoms with Crippen LogP contribution < -0.4 is 10.1 Å². The molecule has 0 heterocycles. The second-order valence-corrected chi connectivity index (χ2v) is 5.78. The molecule has 0 saturated heterocycles. The Balaban J connectivity index is 1.71. The summed E-state index contributed by atoms with van der Waals surface area (Å²) in [7, 11) is 0. The van der Waals surface area contributed by atoms with Gasteiger partial charge in [-0.1, -0.05) is 12.2 Å². The molecule has 1 fully saturated rings. The van der Waals surface area contributed by atoms with Crippen molar-refractivity contribution in [3.8, 4) is 5.75 Å². The molecular weight excluding hydrogens is 282 g/mol. The van der Waals surface area contributed by atoms with Gasteiger partial charge in [-0.3, -0.25) is 9.59 Å². The van der Waals surface area contributed by atoms with E-state index in [0.29, 0.717) is 12.3 Å². The van der Waals surface area contributed by atoms with E-state index in [1.54, 1.807) is 24.3 Å². The topological polar surface area (TPSA) is 75.6 Å². The summed E-state index contributed by atoms with van der Waals surface area (Å²) in [5, 5.41) is 12.2. The normalized spacial score (nSPS) is 28.6. The fourth-order valence-electron chi connectivity index (χ4n) is 3.54. The predicted molar refractivity (Wildman–Crippen MR) is 81.6 cm³/mol. The molecule has 0 spiro atoms. The predicted octanol–water partition coefficient (Wildman–Crippen LogP) is 2.55. The number of carboxylic acids is 1. The largest absolute Gasteiger partial charge is 0.494 e. The number of hydrogen-bond donors (Lipinski definition) is 2. The number of nitrogens with one attached hydrogen (secondary N) is 1. The fourth-order valence-corrected chi connectivity index (χ4v) is 3.54. The highest BCUT2D eigenvalue weighted by molar-refractivity contribution is 5.96. The maximum absolute atomic E-state index is 12.5. The Bertz CT molecular complexity index is 608. The van der Waals surface area contributed by atoms with E-state index in [0.717, 1.165) is 12.2 Å². The van der Waals surface area contributed by atoms with Gasteiger partial charge in [0.05, 0.1) is 18.4 Å². The number of benzene rings is 1. The van der Waals surface area contributed by atoms with Crippen LogP contribution >= 0.6 is 0 Å². The van der Waals surface area contributed by atoms with E-state index in [-0.39, 0.29) is 17.7 Å². The minimum absolute atomic E-state index is 0.0152. The summed E-state index contributed by atoms with van der Waals surface area (Å²) in [4.78, 5) is 23.9. The van der Waals surface area contributed by atoms with Crippen LogP contribution in [0.5, 0.6) is 5.75 Å². The summed E-state index contributed by atoms with van der Waals surface area (Å²) in [5.74, 6) is -1.44. The van der Waals surface area contributed by atoms with Gasteiger partial charge in [-0.15, -0.1) is 0 Å². The Morgan fingerprint density at radius 3 is 2.41 bits per heavy atom. The van der Waals surface area contributed by atoms with E-state index in [1.807, 2.05) is 19.1 Å². The molecular formula is C17H19NO4. The standard InChI is InChI=1S/C17H19NO4/c1-2-22-13-7-5-12(6-8-13)18-16(19)14-10-3-4-11(9-10)15(14)17(20)21/h3-8,10-11,14-15H,2,9H2,1H3,(H,18,19)(H,20,21)/t10-,11-,14+,15+/m0/s1. The van der Waals surface area contributed by atoms with Crippen LogP contribution in [-0.4, -0.2) is 23.6 Å². The number of ether oxygens (including phenoxy) is 1. The first-order valence-electron chi connectivity index (χ1n) is 7.55. The van der Waals surface area contributed by atoms with Crippen LogP contribution in [0.2, 0.25) is 0 Å². The Hall–Kier alpha value is -2.30. The number of fused-ring (bicyclic) bond motifs is 2. The summed E-state index contributed by atoms with van der Waals surface area (Å²) in [6, 6.07) is 7.10. The van der Waals surface area contributed by atoms with Gasteiger partial charge in [0.15, 0.2) is 0 Å². The zero-order chi connectivity index (χ0) is 15.7. The molecule has 22 heavy (non-hydrogen) atoms. The average molecular weight is 301 g/mol. The van der Waals surface area contributed by atoms with Crippen molar-refractivity contribution >= 4 is 17.6 Å². The monoisotopic (exact) mass is 301 g/mol. The van der Waals surface area contributed by atoms with Crippen molar-refractivity contribution < 1.29 is 19.4 Å². The lowest BCUT2D eigenvalue weighted by Crippen LogP contribution is -2.36. The highest BCUT2D eigenvalue weighted by Gasteiger charge is 2.51. The Labute approximate surface area is 129 Å². The van der Waals surface area contributed by atoms with E-state index < -0.39 is 17.8 Å². The third-order valence-corrected chi connectivity index (χ3v) is 4.48. The number of hydrogen-bond acceptors (Lipinski definition) is 3. The first-order chi connectivity index (χ1) is 10.6. The second kappa shape index (κ2) is 5.83. The van der Waals surface area contributed by atoms with Gasteiger partial charge < -0.3 is 15.2 Å². The molecule has 116 valence electrons. The highest BCUT2D eigenvalue weighted by atomic mass is 16.5. The van der Waals surface area contributed by atoms with Crippen molar-refractivity contribution in [1.82, 2.24) is 0 Å².